The molecule has 2 rings (SSSR count). The fourth-order valence-corrected chi connectivity index (χ4v) is 3.17. The van der Waals surface area contributed by atoms with E-state index in [0.29, 0.717) is 24.2 Å². The summed E-state index contributed by atoms with van der Waals surface area (Å²) >= 11 is 0. The molecule has 0 aliphatic carbocycles. The number of furan rings is 1. The zero-order chi connectivity index (χ0) is 21.8. The van der Waals surface area contributed by atoms with Gasteiger partial charge in [-0.15, -0.1) is 0 Å². The summed E-state index contributed by atoms with van der Waals surface area (Å²) in [6.45, 7) is 11.5. The molecule has 0 saturated carbocycles. The molecule has 1 aromatic heterocycles. The van der Waals surface area contributed by atoms with Gasteiger partial charge in [-0.3, -0.25) is 4.79 Å². The Morgan fingerprint density at radius 3 is 2.34 bits per heavy atom. The SMILES string of the molecule is CCC(CC)(CNC(=O)OC(C)(C)C)NC(=O)c1oc2c(OC)cccc2c1C. The zero-order valence-electron chi connectivity index (χ0n) is 18.4. The van der Waals surface area contributed by atoms with Crippen LogP contribution in [-0.4, -0.2) is 36.8 Å². The Labute approximate surface area is 172 Å². The van der Waals surface area contributed by atoms with Crippen LogP contribution in [0.2, 0.25) is 0 Å². The molecule has 2 amide bonds. The van der Waals surface area contributed by atoms with E-state index in [4.69, 9.17) is 13.9 Å². The monoisotopic (exact) mass is 404 g/mol. The van der Waals surface area contributed by atoms with Crippen molar-refractivity contribution in [3.63, 3.8) is 0 Å². The number of rotatable bonds is 7. The predicted molar refractivity (Wildman–Crippen MR) is 113 cm³/mol. The van der Waals surface area contributed by atoms with E-state index in [9.17, 15) is 9.59 Å². The van der Waals surface area contributed by atoms with Gasteiger partial charge in [0.2, 0.25) is 0 Å². The van der Waals surface area contributed by atoms with E-state index in [2.05, 4.69) is 10.6 Å². The fourth-order valence-electron chi connectivity index (χ4n) is 3.17. The fraction of sp³-hybridized carbons (Fsp3) is 0.545. The molecule has 2 aromatic rings. The van der Waals surface area contributed by atoms with E-state index in [1.54, 1.807) is 33.9 Å². The molecule has 0 spiro atoms. The Hall–Kier alpha value is -2.70. The summed E-state index contributed by atoms with van der Waals surface area (Å²) in [7, 11) is 1.56. The number of hydrogen-bond acceptors (Lipinski definition) is 5. The summed E-state index contributed by atoms with van der Waals surface area (Å²) < 4.78 is 16.5. The summed E-state index contributed by atoms with van der Waals surface area (Å²) in [4.78, 5) is 25.1. The molecule has 0 radical (unpaired) electrons. The van der Waals surface area contributed by atoms with Gasteiger partial charge >= 0.3 is 6.09 Å². The minimum Gasteiger partial charge on any atom is -0.493 e. The van der Waals surface area contributed by atoms with Crippen LogP contribution in [0.5, 0.6) is 5.75 Å². The summed E-state index contributed by atoms with van der Waals surface area (Å²) in [5, 5.41) is 6.66. The second-order valence-corrected chi connectivity index (χ2v) is 8.19. The highest BCUT2D eigenvalue weighted by Gasteiger charge is 2.32. The van der Waals surface area contributed by atoms with E-state index >= 15 is 0 Å². The second kappa shape index (κ2) is 8.76. The molecule has 1 heterocycles. The maximum absolute atomic E-state index is 13.1. The van der Waals surface area contributed by atoms with E-state index in [1.807, 2.05) is 32.9 Å². The number of benzene rings is 1. The maximum Gasteiger partial charge on any atom is 0.407 e. The summed E-state index contributed by atoms with van der Waals surface area (Å²) in [5.74, 6) is 0.497. The Morgan fingerprint density at radius 2 is 1.79 bits per heavy atom. The van der Waals surface area contributed by atoms with Gasteiger partial charge in [0.1, 0.15) is 5.60 Å². The number of carbonyl (C=O) groups excluding carboxylic acids is 2. The molecular formula is C22H32N2O5. The molecule has 1 aromatic carbocycles. The Balaban J connectivity index is 2.22. The topological polar surface area (TPSA) is 89.8 Å². The third-order valence-electron chi connectivity index (χ3n) is 5.06. The van der Waals surface area contributed by atoms with Gasteiger partial charge in [-0.25, -0.2) is 4.79 Å². The molecule has 160 valence electrons. The molecule has 0 fully saturated rings. The van der Waals surface area contributed by atoms with Gasteiger partial charge in [0.05, 0.1) is 12.6 Å². The molecule has 0 saturated heterocycles. The number of amides is 2. The van der Waals surface area contributed by atoms with Crippen molar-refractivity contribution in [2.75, 3.05) is 13.7 Å². The molecular weight excluding hydrogens is 372 g/mol. The standard InChI is InChI=1S/C22H32N2O5/c1-8-22(9-2,13-23-20(26)29-21(4,5)6)24-19(25)17-14(3)15-11-10-12-16(27-7)18(15)28-17/h10-12H,8-9,13H2,1-7H3,(H,23,26)(H,24,25). The number of carbonyl (C=O) groups is 2. The minimum absolute atomic E-state index is 0.244. The first-order valence-corrected chi connectivity index (χ1v) is 9.91. The van der Waals surface area contributed by atoms with Crippen molar-refractivity contribution in [2.45, 2.75) is 65.5 Å². The largest absolute Gasteiger partial charge is 0.493 e. The van der Waals surface area contributed by atoms with Crippen LogP contribution in [0.4, 0.5) is 4.79 Å². The van der Waals surface area contributed by atoms with Gasteiger partial charge in [0, 0.05) is 17.5 Å². The number of hydrogen-bond donors (Lipinski definition) is 2. The van der Waals surface area contributed by atoms with Crippen molar-refractivity contribution in [3.05, 3.63) is 29.5 Å². The van der Waals surface area contributed by atoms with Crippen LogP contribution >= 0.6 is 0 Å². The highest BCUT2D eigenvalue weighted by molar-refractivity contribution is 6.00. The van der Waals surface area contributed by atoms with E-state index in [-0.39, 0.29) is 18.2 Å². The predicted octanol–water partition coefficient (Wildman–Crippen LogP) is 4.56. The van der Waals surface area contributed by atoms with Crippen LogP contribution in [0.1, 0.15) is 63.6 Å². The molecule has 2 N–H and O–H groups in total. The molecule has 0 aliphatic rings. The summed E-state index contributed by atoms with van der Waals surface area (Å²) in [6.07, 6.45) is 0.754. The van der Waals surface area contributed by atoms with Crippen LogP contribution in [0, 0.1) is 6.92 Å². The van der Waals surface area contributed by atoms with Gasteiger partial charge < -0.3 is 24.5 Å². The number of aryl methyl sites for hydroxylation is 1. The Bertz CT molecular complexity index is 875. The smallest absolute Gasteiger partial charge is 0.407 e. The molecule has 0 atom stereocenters. The zero-order valence-corrected chi connectivity index (χ0v) is 18.4. The number of alkyl carbamates (subject to hydrolysis) is 1. The molecule has 0 unspecified atom stereocenters. The van der Waals surface area contributed by atoms with Crippen molar-refractivity contribution < 1.29 is 23.5 Å². The lowest BCUT2D eigenvalue weighted by Gasteiger charge is -2.33. The van der Waals surface area contributed by atoms with Crippen LogP contribution in [-0.2, 0) is 4.74 Å². The summed E-state index contributed by atoms with van der Waals surface area (Å²) in [5.41, 5.74) is 0.0863. The van der Waals surface area contributed by atoms with Crippen LogP contribution in [0.3, 0.4) is 0 Å². The lowest BCUT2D eigenvalue weighted by molar-refractivity contribution is 0.0501. The van der Waals surface area contributed by atoms with Crippen molar-refractivity contribution >= 4 is 23.0 Å². The first-order valence-electron chi connectivity index (χ1n) is 9.91. The van der Waals surface area contributed by atoms with E-state index in [1.165, 1.54) is 0 Å². The molecule has 7 heteroatoms. The average molecular weight is 405 g/mol. The van der Waals surface area contributed by atoms with Crippen LogP contribution in [0.15, 0.2) is 22.6 Å². The Morgan fingerprint density at radius 1 is 1.14 bits per heavy atom. The number of para-hydroxylation sites is 1. The molecule has 7 nitrogen and oxygen atoms in total. The number of fused-ring (bicyclic) bond motifs is 1. The third-order valence-corrected chi connectivity index (χ3v) is 5.06. The van der Waals surface area contributed by atoms with Crippen LogP contribution in [0.25, 0.3) is 11.0 Å². The Kier molecular flexibility index (Phi) is 6.82. The molecule has 0 bridgehead atoms. The minimum atomic E-state index is -0.622. The average Bonchev–Trinajstić information content (AvgIpc) is 3.01. The number of ether oxygens (including phenoxy) is 2. The van der Waals surface area contributed by atoms with E-state index < -0.39 is 17.2 Å². The first-order chi connectivity index (χ1) is 13.6. The van der Waals surface area contributed by atoms with Crippen LogP contribution < -0.4 is 15.4 Å². The highest BCUT2D eigenvalue weighted by Crippen LogP contribution is 2.32. The quantitative estimate of drug-likeness (QED) is 0.706. The second-order valence-electron chi connectivity index (χ2n) is 8.19. The van der Waals surface area contributed by atoms with Gasteiger partial charge in [-0.1, -0.05) is 26.0 Å². The third kappa shape index (κ3) is 5.22. The van der Waals surface area contributed by atoms with Crippen molar-refractivity contribution in [2.24, 2.45) is 0 Å². The number of nitrogens with one attached hydrogen (secondary N) is 2. The highest BCUT2D eigenvalue weighted by atomic mass is 16.6. The molecule has 29 heavy (non-hydrogen) atoms. The van der Waals surface area contributed by atoms with Crippen molar-refractivity contribution in [1.29, 1.82) is 0 Å². The van der Waals surface area contributed by atoms with Gasteiger partial charge in [0.15, 0.2) is 17.1 Å². The van der Waals surface area contributed by atoms with Gasteiger partial charge in [0.25, 0.3) is 5.91 Å². The first kappa shape index (κ1) is 22.6. The van der Waals surface area contributed by atoms with Crippen molar-refractivity contribution in [1.82, 2.24) is 10.6 Å². The molecule has 0 aliphatic heterocycles. The normalized spacial score (nSPS) is 12.0. The van der Waals surface area contributed by atoms with Gasteiger partial charge in [-0.05, 0) is 46.6 Å². The summed E-state index contributed by atoms with van der Waals surface area (Å²) in [6, 6.07) is 5.54. The lowest BCUT2D eigenvalue weighted by atomic mass is 9.92. The van der Waals surface area contributed by atoms with Gasteiger partial charge in [-0.2, -0.15) is 0 Å². The van der Waals surface area contributed by atoms with E-state index in [0.717, 1.165) is 10.9 Å². The maximum atomic E-state index is 13.1. The number of methoxy groups -OCH3 is 1. The van der Waals surface area contributed by atoms with Crippen molar-refractivity contribution in [3.8, 4) is 5.75 Å². The lowest BCUT2D eigenvalue weighted by Crippen LogP contribution is -2.55.